The minimum absolute atomic E-state index is 0.00338. The van der Waals surface area contributed by atoms with Gasteiger partial charge in [-0.3, -0.25) is 4.79 Å². The van der Waals surface area contributed by atoms with Crippen LogP contribution in [0.2, 0.25) is 0 Å². The Morgan fingerprint density at radius 1 is 1.29 bits per heavy atom. The van der Waals surface area contributed by atoms with Crippen LogP contribution in [-0.2, 0) is 0 Å². The molecule has 1 saturated carbocycles. The number of benzene rings is 1. The third-order valence-electron chi connectivity index (χ3n) is 5.22. The molecule has 2 aliphatic heterocycles. The van der Waals surface area contributed by atoms with Crippen molar-refractivity contribution in [2.45, 2.75) is 29.4 Å². The highest BCUT2D eigenvalue weighted by Crippen LogP contribution is 2.50. The molecule has 1 aromatic heterocycles. The predicted molar refractivity (Wildman–Crippen MR) is 96.1 cm³/mol. The van der Waals surface area contributed by atoms with Crippen LogP contribution in [-0.4, -0.2) is 29.2 Å². The van der Waals surface area contributed by atoms with Gasteiger partial charge in [0.2, 0.25) is 0 Å². The van der Waals surface area contributed by atoms with Gasteiger partial charge >= 0.3 is 0 Å². The number of hydrogen-bond donors (Lipinski definition) is 2. The van der Waals surface area contributed by atoms with Crippen molar-refractivity contribution >= 4 is 17.7 Å². The second-order valence-electron chi connectivity index (χ2n) is 6.69. The summed E-state index contributed by atoms with van der Waals surface area (Å²) in [5, 5.41) is 7.71. The van der Waals surface area contributed by atoms with Crippen molar-refractivity contribution in [1.82, 2.24) is 15.6 Å². The molecule has 3 fully saturated rings. The van der Waals surface area contributed by atoms with Crippen LogP contribution < -0.4 is 10.6 Å². The Balaban J connectivity index is 1.64. The van der Waals surface area contributed by atoms with Gasteiger partial charge in [0, 0.05) is 11.7 Å². The molecule has 0 radical (unpaired) electrons. The number of nitrogens with one attached hydrogen (secondary N) is 2. The molecular formula is C19H21N3OS. The summed E-state index contributed by atoms with van der Waals surface area (Å²) < 4.78 is 0. The molecule has 1 aliphatic carbocycles. The average molecular weight is 339 g/mol. The van der Waals surface area contributed by atoms with Crippen LogP contribution >= 0.6 is 11.8 Å². The Bertz CT molecular complexity index is 738. The molecule has 1 atom stereocenters. The highest BCUT2D eigenvalue weighted by molar-refractivity contribution is 7.98. The number of rotatable bonds is 5. The molecule has 2 bridgehead atoms. The van der Waals surface area contributed by atoms with Crippen molar-refractivity contribution in [2.24, 2.45) is 5.92 Å². The van der Waals surface area contributed by atoms with Gasteiger partial charge in [0.05, 0.1) is 11.6 Å². The van der Waals surface area contributed by atoms with Gasteiger partial charge in [-0.2, -0.15) is 0 Å². The van der Waals surface area contributed by atoms with Gasteiger partial charge in [0.1, 0.15) is 5.03 Å². The molecule has 2 N–H and O–H groups in total. The fraction of sp³-hybridized carbons (Fsp3) is 0.368. The monoisotopic (exact) mass is 339 g/mol. The highest BCUT2D eigenvalue weighted by Gasteiger charge is 2.55. The van der Waals surface area contributed by atoms with Gasteiger partial charge < -0.3 is 10.6 Å². The Morgan fingerprint density at radius 3 is 2.75 bits per heavy atom. The molecule has 24 heavy (non-hydrogen) atoms. The number of hydrogen-bond acceptors (Lipinski definition) is 4. The first kappa shape index (κ1) is 15.7. The quantitative estimate of drug-likeness (QED) is 0.822. The summed E-state index contributed by atoms with van der Waals surface area (Å²) in [6.07, 6.45) is 5.94. The Morgan fingerprint density at radius 2 is 2.08 bits per heavy atom. The molecule has 5 rings (SSSR count). The third-order valence-corrected chi connectivity index (χ3v) is 5.93. The molecule has 2 saturated heterocycles. The summed E-state index contributed by atoms with van der Waals surface area (Å²) in [7, 11) is 0. The van der Waals surface area contributed by atoms with Crippen LogP contribution in [0.4, 0.5) is 0 Å². The summed E-state index contributed by atoms with van der Waals surface area (Å²) in [5.74, 6) is 0.709. The lowest BCUT2D eigenvalue weighted by Gasteiger charge is -2.44. The maximum atomic E-state index is 12.9. The van der Waals surface area contributed by atoms with Crippen molar-refractivity contribution in [1.29, 1.82) is 0 Å². The number of nitrogens with zero attached hydrogens (tertiary/aromatic N) is 1. The number of aromatic nitrogens is 1. The fourth-order valence-electron chi connectivity index (χ4n) is 4.07. The topological polar surface area (TPSA) is 54.0 Å². The number of carbonyl (C=O) groups is 1. The minimum Gasteiger partial charge on any atom is -0.343 e. The highest BCUT2D eigenvalue weighted by atomic mass is 32.2. The number of carbonyl (C=O) groups excluding carboxylic acids is 1. The SMILES string of the molecule is CSc1ncccc1C(=O)NC(c1ccccc1)C12CC(CN1)C2. The minimum atomic E-state index is -0.0483. The van der Waals surface area contributed by atoms with E-state index >= 15 is 0 Å². The lowest BCUT2D eigenvalue weighted by atomic mass is 9.67. The van der Waals surface area contributed by atoms with E-state index in [4.69, 9.17) is 0 Å². The van der Waals surface area contributed by atoms with Crippen LogP contribution in [0.3, 0.4) is 0 Å². The molecule has 5 heteroatoms. The van der Waals surface area contributed by atoms with Crippen LogP contribution in [0.1, 0.15) is 34.8 Å². The molecule has 4 nitrogen and oxygen atoms in total. The molecule has 3 aliphatic rings. The molecular weight excluding hydrogens is 318 g/mol. The van der Waals surface area contributed by atoms with Crippen LogP contribution in [0.5, 0.6) is 0 Å². The Labute approximate surface area is 146 Å². The first-order valence-corrected chi connectivity index (χ1v) is 9.54. The van der Waals surface area contributed by atoms with Gasteiger partial charge in [-0.05, 0) is 49.3 Å². The number of fused-ring (bicyclic) bond motifs is 1. The molecule has 124 valence electrons. The second-order valence-corrected chi connectivity index (χ2v) is 7.48. The van der Waals surface area contributed by atoms with Gasteiger partial charge in [0.25, 0.3) is 5.91 Å². The van der Waals surface area contributed by atoms with Crippen LogP contribution in [0.15, 0.2) is 53.7 Å². The average Bonchev–Trinajstić information content (AvgIpc) is 3.21. The van der Waals surface area contributed by atoms with Crippen molar-refractivity contribution < 1.29 is 4.79 Å². The van der Waals surface area contributed by atoms with E-state index in [-0.39, 0.29) is 17.5 Å². The van der Waals surface area contributed by atoms with E-state index in [9.17, 15) is 4.79 Å². The molecule has 3 heterocycles. The van der Waals surface area contributed by atoms with E-state index in [1.807, 2.05) is 36.6 Å². The number of pyridine rings is 1. The maximum absolute atomic E-state index is 12.9. The van der Waals surface area contributed by atoms with Gasteiger partial charge in [-0.15, -0.1) is 11.8 Å². The lowest BCUT2D eigenvalue weighted by Crippen LogP contribution is -2.54. The van der Waals surface area contributed by atoms with E-state index in [1.54, 1.807) is 6.20 Å². The first-order valence-electron chi connectivity index (χ1n) is 8.32. The standard InChI is InChI=1S/C19H21N3OS/c1-24-18-15(8-5-9-20-18)17(23)22-16(14-6-3-2-4-7-14)19-10-13(11-19)12-21-19/h2-9,13,16,21H,10-12H2,1H3,(H,22,23). The third kappa shape index (κ3) is 2.62. The molecule has 1 amide bonds. The van der Waals surface area contributed by atoms with Crippen molar-refractivity contribution in [2.75, 3.05) is 12.8 Å². The van der Waals surface area contributed by atoms with Gasteiger partial charge in [-0.1, -0.05) is 30.3 Å². The van der Waals surface area contributed by atoms with Crippen LogP contribution in [0.25, 0.3) is 0 Å². The molecule has 1 aromatic carbocycles. The number of amides is 1. The second kappa shape index (κ2) is 6.22. The Kier molecular flexibility index (Phi) is 4.06. The van der Waals surface area contributed by atoms with Gasteiger partial charge in [0.15, 0.2) is 0 Å². The van der Waals surface area contributed by atoms with Crippen LogP contribution in [0, 0.1) is 5.92 Å². The smallest absolute Gasteiger partial charge is 0.254 e. The zero-order chi connectivity index (χ0) is 16.6. The molecule has 1 unspecified atom stereocenters. The van der Waals surface area contributed by atoms with E-state index < -0.39 is 0 Å². The van der Waals surface area contributed by atoms with E-state index in [0.717, 1.165) is 35.9 Å². The predicted octanol–water partition coefficient (Wildman–Crippen LogP) is 3.03. The lowest BCUT2D eigenvalue weighted by molar-refractivity contribution is 0.0859. The maximum Gasteiger partial charge on any atom is 0.254 e. The molecule has 2 aromatic rings. The fourth-order valence-corrected chi connectivity index (χ4v) is 4.61. The zero-order valence-electron chi connectivity index (χ0n) is 13.7. The molecule has 0 spiro atoms. The summed E-state index contributed by atoms with van der Waals surface area (Å²) in [6, 6.07) is 13.9. The summed E-state index contributed by atoms with van der Waals surface area (Å²) in [6.45, 7) is 1.06. The summed E-state index contributed by atoms with van der Waals surface area (Å²) in [5.41, 5.74) is 1.81. The van der Waals surface area contributed by atoms with Gasteiger partial charge in [-0.25, -0.2) is 4.98 Å². The summed E-state index contributed by atoms with van der Waals surface area (Å²) >= 11 is 1.50. The van der Waals surface area contributed by atoms with Crippen molar-refractivity contribution in [3.63, 3.8) is 0 Å². The normalized spacial score (nSPS) is 25.8. The Hall–Kier alpha value is -1.85. The van der Waals surface area contributed by atoms with E-state index in [0.29, 0.717) is 5.56 Å². The van der Waals surface area contributed by atoms with E-state index in [1.165, 1.54) is 11.8 Å². The summed E-state index contributed by atoms with van der Waals surface area (Å²) in [4.78, 5) is 17.2. The largest absolute Gasteiger partial charge is 0.343 e. The van der Waals surface area contributed by atoms with Crippen molar-refractivity contribution in [3.8, 4) is 0 Å². The first-order chi connectivity index (χ1) is 11.7. The van der Waals surface area contributed by atoms with E-state index in [2.05, 4.69) is 27.8 Å². The van der Waals surface area contributed by atoms with Crippen molar-refractivity contribution in [3.05, 3.63) is 59.8 Å². The number of thioether (sulfide) groups is 1. The zero-order valence-corrected chi connectivity index (χ0v) is 14.5.